The van der Waals surface area contributed by atoms with E-state index in [0.717, 1.165) is 19.6 Å². The summed E-state index contributed by atoms with van der Waals surface area (Å²) in [5.74, 6) is 0. The van der Waals surface area contributed by atoms with E-state index in [1.54, 1.807) is 0 Å². The predicted molar refractivity (Wildman–Crippen MR) is 81.2 cm³/mol. The molecule has 3 rings (SSSR count). The Hall–Kier alpha value is -1.16. The van der Waals surface area contributed by atoms with Gasteiger partial charge < -0.3 is 5.32 Å². The van der Waals surface area contributed by atoms with Crippen LogP contribution in [-0.2, 0) is 19.6 Å². The standard InChI is InChI=1S/C16H20N2S/c1-12(16-4-3-7-19-16)18(2)11-13-5-6-14-9-17-10-15(14)8-13/h3-8,12,17H,9-11H2,1-2H3. The third kappa shape index (κ3) is 2.73. The molecule has 3 heteroatoms. The zero-order valence-corrected chi connectivity index (χ0v) is 12.3. The first kappa shape index (κ1) is 12.9. The van der Waals surface area contributed by atoms with Crippen molar-refractivity contribution >= 4 is 11.3 Å². The van der Waals surface area contributed by atoms with E-state index < -0.39 is 0 Å². The highest BCUT2D eigenvalue weighted by atomic mass is 32.1. The van der Waals surface area contributed by atoms with Crippen LogP contribution in [-0.4, -0.2) is 11.9 Å². The molecule has 2 aromatic rings. The van der Waals surface area contributed by atoms with Crippen molar-refractivity contribution in [3.8, 4) is 0 Å². The molecule has 0 spiro atoms. The summed E-state index contributed by atoms with van der Waals surface area (Å²) in [5.41, 5.74) is 4.33. The summed E-state index contributed by atoms with van der Waals surface area (Å²) >= 11 is 1.84. The van der Waals surface area contributed by atoms with Crippen molar-refractivity contribution in [3.63, 3.8) is 0 Å². The molecule has 0 aliphatic carbocycles. The molecule has 0 fully saturated rings. The van der Waals surface area contributed by atoms with Crippen LogP contribution in [0.5, 0.6) is 0 Å². The molecule has 0 radical (unpaired) electrons. The third-order valence-corrected chi connectivity index (χ3v) is 4.99. The first-order chi connectivity index (χ1) is 9.24. The molecule has 1 aromatic heterocycles. The van der Waals surface area contributed by atoms with Gasteiger partial charge in [0.2, 0.25) is 0 Å². The van der Waals surface area contributed by atoms with Gasteiger partial charge in [-0.3, -0.25) is 4.90 Å². The molecule has 1 N–H and O–H groups in total. The second-order valence-corrected chi connectivity index (χ2v) is 6.29. The Morgan fingerprint density at radius 1 is 1.26 bits per heavy atom. The number of nitrogens with one attached hydrogen (secondary N) is 1. The van der Waals surface area contributed by atoms with Gasteiger partial charge >= 0.3 is 0 Å². The monoisotopic (exact) mass is 272 g/mol. The molecule has 100 valence electrons. The van der Waals surface area contributed by atoms with Crippen LogP contribution in [0.3, 0.4) is 0 Å². The summed E-state index contributed by atoms with van der Waals surface area (Å²) in [6.07, 6.45) is 0. The van der Waals surface area contributed by atoms with Crippen LogP contribution in [0, 0.1) is 0 Å². The van der Waals surface area contributed by atoms with E-state index in [-0.39, 0.29) is 0 Å². The lowest BCUT2D eigenvalue weighted by molar-refractivity contribution is 0.256. The summed E-state index contributed by atoms with van der Waals surface area (Å²) < 4.78 is 0. The second kappa shape index (κ2) is 5.45. The summed E-state index contributed by atoms with van der Waals surface area (Å²) in [6.45, 7) is 5.33. The molecule has 1 unspecified atom stereocenters. The molecule has 1 aliphatic rings. The number of fused-ring (bicyclic) bond motifs is 1. The molecule has 0 saturated carbocycles. The van der Waals surface area contributed by atoms with Crippen molar-refractivity contribution in [2.75, 3.05) is 7.05 Å². The largest absolute Gasteiger partial charge is 0.309 e. The Labute approximate surface area is 119 Å². The average molecular weight is 272 g/mol. The maximum Gasteiger partial charge on any atom is 0.0413 e. The van der Waals surface area contributed by atoms with Crippen LogP contribution in [0.2, 0.25) is 0 Å². The molecule has 1 aromatic carbocycles. The number of benzene rings is 1. The van der Waals surface area contributed by atoms with Crippen molar-refractivity contribution in [3.05, 3.63) is 57.3 Å². The Morgan fingerprint density at radius 3 is 2.89 bits per heavy atom. The SMILES string of the molecule is CC(c1cccs1)N(C)Cc1ccc2c(c1)CNC2. The van der Waals surface area contributed by atoms with Crippen LogP contribution in [0.4, 0.5) is 0 Å². The highest BCUT2D eigenvalue weighted by molar-refractivity contribution is 7.10. The van der Waals surface area contributed by atoms with Crippen LogP contribution in [0.25, 0.3) is 0 Å². The van der Waals surface area contributed by atoms with Crippen molar-refractivity contribution in [2.45, 2.75) is 32.6 Å². The van der Waals surface area contributed by atoms with Gasteiger partial charge in [-0.25, -0.2) is 0 Å². The average Bonchev–Trinajstić information content (AvgIpc) is 3.08. The van der Waals surface area contributed by atoms with E-state index >= 15 is 0 Å². The first-order valence-corrected chi connectivity index (χ1v) is 7.67. The van der Waals surface area contributed by atoms with Crippen LogP contribution in [0.15, 0.2) is 35.7 Å². The molecule has 1 aliphatic heterocycles. The number of hydrogen-bond acceptors (Lipinski definition) is 3. The molecule has 2 nitrogen and oxygen atoms in total. The van der Waals surface area contributed by atoms with Gasteiger partial charge in [-0.1, -0.05) is 24.3 Å². The fourth-order valence-corrected chi connectivity index (χ4v) is 3.47. The smallest absolute Gasteiger partial charge is 0.0413 e. The van der Waals surface area contributed by atoms with Crippen LogP contribution < -0.4 is 5.32 Å². The lowest BCUT2D eigenvalue weighted by Crippen LogP contribution is -2.21. The fourth-order valence-electron chi connectivity index (χ4n) is 2.62. The van der Waals surface area contributed by atoms with Crippen molar-refractivity contribution in [2.24, 2.45) is 0 Å². The highest BCUT2D eigenvalue weighted by Crippen LogP contribution is 2.25. The number of hydrogen-bond donors (Lipinski definition) is 1. The van der Waals surface area contributed by atoms with E-state index in [1.165, 1.54) is 21.6 Å². The molecular formula is C16H20N2S. The Kier molecular flexibility index (Phi) is 3.69. The maximum absolute atomic E-state index is 3.40. The Morgan fingerprint density at radius 2 is 2.11 bits per heavy atom. The van der Waals surface area contributed by atoms with Crippen LogP contribution in [0.1, 0.15) is 34.5 Å². The Balaban J connectivity index is 1.71. The van der Waals surface area contributed by atoms with Gasteiger partial charge in [0, 0.05) is 30.6 Å². The molecule has 19 heavy (non-hydrogen) atoms. The number of nitrogens with zero attached hydrogens (tertiary/aromatic N) is 1. The summed E-state index contributed by atoms with van der Waals surface area (Å²) in [7, 11) is 2.20. The van der Waals surface area contributed by atoms with E-state index in [1.807, 2.05) is 11.3 Å². The minimum atomic E-state index is 0.478. The molecule has 2 heterocycles. The number of rotatable bonds is 4. The lowest BCUT2D eigenvalue weighted by Gasteiger charge is -2.24. The highest BCUT2D eigenvalue weighted by Gasteiger charge is 2.14. The lowest BCUT2D eigenvalue weighted by atomic mass is 10.1. The van der Waals surface area contributed by atoms with Gasteiger partial charge in [-0.05, 0) is 42.1 Å². The zero-order chi connectivity index (χ0) is 13.2. The van der Waals surface area contributed by atoms with Crippen molar-refractivity contribution < 1.29 is 0 Å². The molecule has 0 amide bonds. The molecular weight excluding hydrogens is 252 g/mol. The zero-order valence-electron chi connectivity index (χ0n) is 11.5. The predicted octanol–water partition coefficient (Wildman–Crippen LogP) is 3.54. The van der Waals surface area contributed by atoms with Gasteiger partial charge in [0.15, 0.2) is 0 Å². The summed E-state index contributed by atoms with van der Waals surface area (Å²) in [5, 5.41) is 5.55. The van der Waals surface area contributed by atoms with E-state index in [0.29, 0.717) is 6.04 Å². The maximum atomic E-state index is 3.40. The summed E-state index contributed by atoms with van der Waals surface area (Å²) in [6, 6.07) is 11.7. The molecule has 0 saturated heterocycles. The van der Waals surface area contributed by atoms with E-state index in [4.69, 9.17) is 0 Å². The van der Waals surface area contributed by atoms with Gasteiger partial charge in [0.1, 0.15) is 0 Å². The molecule has 0 bridgehead atoms. The van der Waals surface area contributed by atoms with Gasteiger partial charge in [-0.15, -0.1) is 11.3 Å². The first-order valence-electron chi connectivity index (χ1n) is 6.79. The van der Waals surface area contributed by atoms with Crippen molar-refractivity contribution in [1.82, 2.24) is 10.2 Å². The van der Waals surface area contributed by atoms with Crippen LogP contribution >= 0.6 is 11.3 Å². The van der Waals surface area contributed by atoms with Gasteiger partial charge in [0.05, 0.1) is 0 Å². The Bertz CT molecular complexity index is 548. The van der Waals surface area contributed by atoms with E-state index in [2.05, 4.69) is 59.9 Å². The quantitative estimate of drug-likeness (QED) is 0.915. The summed E-state index contributed by atoms with van der Waals surface area (Å²) in [4.78, 5) is 3.85. The minimum absolute atomic E-state index is 0.478. The minimum Gasteiger partial charge on any atom is -0.309 e. The third-order valence-electron chi connectivity index (χ3n) is 3.95. The van der Waals surface area contributed by atoms with Gasteiger partial charge in [0.25, 0.3) is 0 Å². The normalized spacial score (nSPS) is 15.7. The molecule has 1 atom stereocenters. The number of thiophene rings is 1. The second-order valence-electron chi connectivity index (χ2n) is 5.31. The van der Waals surface area contributed by atoms with E-state index in [9.17, 15) is 0 Å². The topological polar surface area (TPSA) is 15.3 Å². The van der Waals surface area contributed by atoms with Crippen molar-refractivity contribution in [1.29, 1.82) is 0 Å². The van der Waals surface area contributed by atoms with Gasteiger partial charge in [-0.2, -0.15) is 0 Å². The fraction of sp³-hybridized carbons (Fsp3) is 0.375.